The molecule has 0 saturated heterocycles. The summed E-state index contributed by atoms with van der Waals surface area (Å²) in [6, 6.07) is 2.08. The Balaban J connectivity index is 2.78. The zero-order valence-electron chi connectivity index (χ0n) is 11.3. The van der Waals surface area contributed by atoms with Crippen molar-refractivity contribution in [1.82, 2.24) is 0 Å². The van der Waals surface area contributed by atoms with Crippen LogP contribution in [0.1, 0.15) is 31.7 Å². The monoisotopic (exact) mass is 305 g/mol. The second-order valence-corrected chi connectivity index (χ2v) is 4.28. The second kappa shape index (κ2) is 7.05. The zero-order chi connectivity index (χ0) is 16.0. The Morgan fingerprint density at radius 3 is 2.57 bits per heavy atom. The lowest BCUT2D eigenvalue weighted by molar-refractivity contribution is -0.386. The van der Waals surface area contributed by atoms with Crippen molar-refractivity contribution in [2.75, 3.05) is 6.61 Å². The Kier molecular flexibility index (Phi) is 5.69. The molecule has 0 saturated carbocycles. The number of ether oxygens (including phenoxy) is 1. The lowest BCUT2D eigenvalue weighted by Crippen LogP contribution is -2.07. The first-order valence-electron chi connectivity index (χ1n) is 6.25. The highest BCUT2D eigenvalue weighted by Gasteiger charge is 2.33. The van der Waals surface area contributed by atoms with Gasteiger partial charge < -0.3 is 4.74 Å². The molecule has 0 aliphatic heterocycles. The maximum absolute atomic E-state index is 12.5. The van der Waals surface area contributed by atoms with Gasteiger partial charge in [0.15, 0.2) is 5.75 Å². The van der Waals surface area contributed by atoms with E-state index in [2.05, 4.69) is 0 Å². The summed E-state index contributed by atoms with van der Waals surface area (Å²) in [5.41, 5.74) is -1.85. The molecule has 0 bridgehead atoms. The fourth-order valence-electron chi connectivity index (χ4n) is 1.59. The zero-order valence-corrected chi connectivity index (χ0v) is 11.3. The van der Waals surface area contributed by atoms with Gasteiger partial charge in [-0.15, -0.1) is 0 Å². The largest absolute Gasteiger partial charge is 0.487 e. The Morgan fingerprint density at radius 1 is 1.38 bits per heavy atom. The highest BCUT2D eigenvalue weighted by molar-refractivity contribution is 5.77. The van der Waals surface area contributed by atoms with Crippen molar-refractivity contribution in [3.05, 3.63) is 33.9 Å². The summed E-state index contributed by atoms with van der Waals surface area (Å²) in [5.74, 6) is -0.211. The number of nitro benzene ring substituents is 1. The first-order chi connectivity index (χ1) is 9.75. The van der Waals surface area contributed by atoms with Crippen molar-refractivity contribution in [2.24, 2.45) is 0 Å². The van der Waals surface area contributed by atoms with E-state index in [-0.39, 0.29) is 24.6 Å². The van der Waals surface area contributed by atoms with Crippen LogP contribution in [0.15, 0.2) is 18.2 Å². The third-order valence-electron chi connectivity index (χ3n) is 2.73. The predicted octanol–water partition coefficient (Wildman–Crippen LogP) is 3.75. The lowest BCUT2D eigenvalue weighted by atomic mass is 10.1. The van der Waals surface area contributed by atoms with E-state index in [1.807, 2.05) is 0 Å². The van der Waals surface area contributed by atoms with Gasteiger partial charge in [-0.05, 0) is 18.6 Å². The standard InChI is InChI=1S/C13H14F3NO4/c1-2-10(18)4-3-7-21-12-6-5-9(13(14,15)16)8-11(12)17(19)20/h5-6,8H,2-4,7H2,1H3. The molecule has 0 spiro atoms. The van der Waals surface area contributed by atoms with Gasteiger partial charge in [0.1, 0.15) is 5.78 Å². The topological polar surface area (TPSA) is 69.4 Å². The van der Waals surface area contributed by atoms with E-state index >= 15 is 0 Å². The van der Waals surface area contributed by atoms with E-state index in [1.54, 1.807) is 6.92 Å². The fourth-order valence-corrected chi connectivity index (χ4v) is 1.59. The number of ketones is 1. The molecule has 5 nitrogen and oxygen atoms in total. The van der Waals surface area contributed by atoms with Crippen LogP contribution in [0.5, 0.6) is 5.75 Å². The third-order valence-corrected chi connectivity index (χ3v) is 2.73. The molecule has 0 aromatic heterocycles. The number of Topliss-reactive ketones (excluding diaryl/α,β-unsaturated/α-hetero) is 1. The molecule has 0 aliphatic carbocycles. The van der Waals surface area contributed by atoms with Gasteiger partial charge in [-0.3, -0.25) is 14.9 Å². The van der Waals surface area contributed by atoms with Crippen molar-refractivity contribution in [3.63, 3.8) is 0 Å². The Morgan fingerprint density at radius 2 is 2.05 bits per heavy atom. The van der Waals surface area contributed by atoms with Gasteiger partial charge in [0.25, 0.3) is 0 Å². The van der Waals surface area contributed by atoms with Crippen molar-refractivity contribution in [2.45, 2.75) is 32.4 Å². The van der Waals surface area contributed by atoms with Crippen molar-refractivity contribution in [3.8, 4) is 5.75 Å². The summed E-state index contributed by atoms with van der Waals surface area (Å²) in [6.07, 6.45) is -3.65. The summed E-state index contributed by atoms with van der Waals surface area (Å²) in [4.78, 5) is 20.9. The molecule has 1 rings (SSSR count). The molecule has 8 heteroatoms. The first kappa shape index (κ1) is 16.9. The fraction of sp³-hybridized carbons (Fsp3) is 0.462. The minimum absolute atomic E-state index is 0.0257. The predicted molar refractivity (Wildman–Crippen MR) is 68.1 cm³/mol. The number of benzene rings is 1. The molecular formula is C13H14F3NO4. The minimum Gasteiger partial charge on any atom is -0.487 e. The number of hydrogen-bond donors (Lipinski definition) is 0. The lowest BCUT2D eigenvalue weighted by Gasteiger charge is -2.10. The van der Waals surface area contributed by atoms with Crippen molar-refractivity contribution in [1.29, 1.82) is 0 Å². The second-order valence-electron chi connectivity index (χ2n) is 4.28. The highest BCUT2D eigenvalue weighted by Crippen LogP contribution is 2.36. The number of carbonyl (C=O) groups is 1. The van der Waals surface area contributed by atoms with Gasteiger partial charge >= 0.3 is 11.9 Å². The number of rotatable bonds is 7. The van der Waals surface area contributed by atoms with E-state index < -0.39 is 22.4 Å². The van der Waals surface area contributed by atoms with Crippen molar-refractivity contribution >= 4 is 11.5 Å². The number of carbonyl (C=O) groups excluding carboxylic acids is 1. The molecule has 0 atom stereocenters. The summed E-state index contributed by atoms with van der Waals surface area (Å²) in [5, 5.41) is 10.8. The maximum Gasteiger partial charge on any atom is 0.416 e. The van der Waals surface area contributed by atoms with Crippen LogP contribution in [-0.2, 0) is 11.0 Å². The van der Waals surface area contributed by atoms with E-state index in [0.29, 0.717) is 18.9 Å². The van der Waals surface area contributed by atoms with Gasteiger partial charge in [0, 0.05) is 18.9 Å². The van der Waals surface area contributed by atoms with Crippen LogP contribution >= 0.6 is 0 Å². The molecule has 0 fully saturated rings. The number of nitrogens with zero attached hydrogens (tertiary/aromatic N) is 1. The average molecular weight is 305 g/mol. The van der Waals surface area contributed by atoms with Crippen molar-refractivity contribution < 1.29 is 27.6 Å². The summed E-state index contributed by atoms with van der Waals surface area (Å²) in [7, 11) is 0. The number of alkyl halides is 3. The van der Waals surface area contributed by atoms with Gasteiger partial charge in [0.05, 0.1) is 17.1 Å². The van der Waals surface area contributed by atoms with Crippen LogP contribution in [0.4, 0.5) is 18.9 Å². The maximum atomic E-state index is 12.5. The molecular weight excluding hydrogens is 291 g/mol. The average Bonchev–Trinajstić information content (AvgIpc) is 2.41. The summed E-state index contributed by atoms with van der Waals surface area (Å²) in [6.45, 7) is 1.74. The molecule has 0 heterocycles. The van der Waals surface area contributed by atoms with Gasteiger partial charge in [0.2, 0.25) is 0 Å². The molecule has 21 heavy (non-hydrogen) atoms. The quantitative estimate of drug-likeness (QED) is 0.437. The first-order valence-corrected chi connectivity index (χ1v) is 6.25. The smallest absolute Gasteiger partial charge is 0.416 e. The third kappa shape index (κ3) is 5.05. The molecule has 0 amide bonds. The molecule has 0 N–H and O–H groups in total. The molecule has 0 radical (unpaired) electrons. The van der Waals surface area contributed by atoms with Gasteiger partial charge in [-0.2, -0.15) is 13.2 Å². The van der Waals surface area contributed by atoms with E-state index in [9.17, 15) is 28.1 Å². The van der Waals surface area contributed by atoms with Crippen LogP contribution in [0.25, 0.3) is 0 Å². The SMILES string of the molecule is CCC(=O)CCCOc1ccc(C(F)(F)F)cc1[N+](=O)[O-]. The molecule has 1 aromatic carbocycles. The van der Waals surface area contributed by atoms with Crippen LogP contribution in [0, 0.1) is 10.1 Å². The van der Waals surface area contributed by atoms with Gasteiger partial charge in [-0.25, -0.2) is 0 Å². The van der Waals surface area contributed by atoms with E-state index in [4.69, 9.17) is 4.74 Å². The Bertz CT molecular complexity index is 529. The highest BCUT2D eigenvalue weighted by atomic mass is 19.4. The minimum atomic E-state index is -4.66. The Labute approximate surface area is 118 Å². The molecule has 0 aliphatic rings. The Hall–Kier alpha value is -2.12. The molecule has 116 valence electrons. The number of hydrogen-bond acceptors (Lipinski definition) is 4. The summed E-state index contributed by atoms with van der Waals surface area (Å²) < 4.78 is 42.6. The normalized spacial score (nSPS) is 11.2. The van der Waals surface area contributed by atoms with Gasteiger partial charge in [-0.1, -0.05) is 6.92 Å². The van der Waals surface area contributed by atoms with Crippen LogP contribution in [-0.4, -0.2) is 17.3 Å². The number of nitro groups is 1. The summed E-state index contributed by atoms with van der Waals surface area (Å²) >= 11 is 0. The molecule has 1 aromatic rings. The molecule has 0 unspecified atom stereocenters. The van der Waals surface area contributed by atoms with E-state index in [0.717, 1.165) is 12.1 Å². The van der Waals surface area contributed by atoms with Crippen LogP contribution in [0.2, 0.25) is 0 Å². The van der Waals surface area contributed by atoms with Crippen LogP contribution < -0.4 is 4.74 Å². The van der Waals surface area contributed by atoms with E-state index in [1.165, 1.54) is 0 Å². The van der Waals surface area contributed by atoms with Crippen LogP contribution in [0.3, 0.4) is 0 Å². The number of halogens is 3.